The number of aryl methyl sites for hydroxylation is 1. The number of imidazole rings is 2. The molecular weight excluding hydrogens is 693 g/mol. The minimum absolute atomic E-state index is 0.0500. The molecule has 4 N–H and O–H groups in total. The number of H-pyrrole nitrogens is 2. The van der Waals surface area contributed by atoms with Gasteiger partial charge in [-0.3, -0.25) is 14.6 Å². The number of carbonyl (C=O) groups excluding carboxylic acids is 3. The summed E-state index contributed by atoms with van der Waals surface area (Å²) in [6.07, 6.45) is 12.3. The molecule has 3 aromatic heterocycles. The molecule has 4 heterocycles. The number of amides is 3. The van der Waals surface area contributed by atoms with E-state index in [1.165, 1.54) is 7.11 Å². The number of alkyl carbamates (subject to hydrolysis) is 1. The van der Waals surface area contributed by atoms with Crippen molar-refractivity contribution in [1.82, 2.24) is 40.5 Å². The number of hydrogen-bond donors (Lipinski definition) is 4. The SMILES string of the molecule is COC(=O)N[C@H](C(=O)N1CCC[C@H]1c1ncc(-c2ccc(-c3ccc(-c4cnc(C5CCCCC5C(=O)NCc5cncc(C)c5)[nH]4)cc3)cc2)[nH]1)C(C)C. The van der Waals surface area contributed by atoms with Crippen LogP contribution in [0.4, 0.5) is 4.79 Å². The van der Waals surface area contributed by atoms with Crippen LogP contribution in [0.2, 0.25) is 0 Å². The minimum Gasteiger partial charge on any atom is -0.453 e. The number of rotatable bonds is 11. The highest BCUT2D eigenvalue weighted by atomic mass is 16.5. The maximum Gasteiger partial charge on any atom is 0.407 e. The lowest BCUT2D eigenvalue weighted by molar-refractivity contribution is -0.135. The van der Waals surface area contributed by atoms with Crippen LogP contribution in [0.1, 0.15) is 87.1 Å². The minimum atomic E-state index is -0.677. The first-order valence-corrected chi connectivity index (χ1v) is 19.3. The number of likely N-dealkylation sites (tertiary alicyclic amines) is 1. The predicted molar refractivity (Wildman–Crippen MR) is 210 cm³/mol. The molecule has 2 fully saturated rings. The fourth-order valence-electron chi connectivity index (χ4n) is 8.01. The van der Waals surface area contributed by atoms with Crippen molar-refractivity contribution >= 4 is 17.9 Å². The topological polar surface area (TPSA) is 158 Å². The second-order valence-electron chi connectivity index (χ2n) is 15.2. The maximum absolute atomic E-state index is 13.5. The first-order chi connectivity index (χ1) is 26.7. The molecule has 1 saturated heterocycles. The van der Waals surface area contributed by atoms with Gasteiger partial charge in [-0.1, -0.05) is 81.3 Å². The molecule has 3 amide bonds. The fraction of sp³-hybridized carbons (Fsp3) is 0.395. The van der Waals surface area contributed by atoms with Crippen LogP contribution in [-0.2, 0) is 20.9 Å². The van der Waals surface area contributed by atoms with Crippen molar-refractivity contribution in [2.24, 2.45) is 11.8 Å². The zero-order valence-corrected chi connectivity index (χ0v) is 32.0. The van der Waals surface area contributed by atoms with Crippen LogP contribution in [-0.4, -0.2) is 67.4 Å². The van der Waals surface area contributed by atoms with Gasteiger partial charge in [-0.15, -0.1) is 0 Å². The van der Waals surface area contributed by atoms with Gasteiger partial charge >= 0.3 is 6.09 Å². The van der Waals surface area contributed by atoms with Crippen molar-refractivity contribution < 1.29 is 19.1 Å². The summed E-state index contributed by atoms with van der Waals surface area (Å²) in [6, 6.07) is 17.9. The van der Waals surface area contributed by atoms with Gasteiger partial charge in [-0.2, -0.15) is 0 Å². The van der Waals surface area contributed by atoms with Crippen LogP contribution < -0.4 is 10.6 Å². The molecule has 12 heteroatoms. The van der Waals surface area contributed by atoms with Crippen LogP contribution in [0.5, 0.6) is 0 Å². The second kappa shape index (κ2) is 16.7. The summed E-state index contributed by atoms with van der Waals surface area (Å²) in [5.41, 5.74) is 8.10. The number of nitrogens with one attached hydrogen (secondary N) is 4. The number of aromatic amines is 2. The molecule has 7 rings (SSSR count). The van der Waals surface area contributed by atoms with E-state index in [2.05, 4.69) is 85.2 Å². The molecule has 1 aliphatic carbocycles. The molecule has 2 aliphatic rings. The molecule has 0 bridgehead atoms. The van der Waals surface area contributed by atoms with Gasteiger partial charge in [0.25, 0.3) is 0 Å². The van der Waals surface area contributed by atoms with Crippen molar-refractivity contribution in [2.75, 3.05) is 13.7 Å². The average molecular weight is 743 g/mol. The monoisotopic (exact) mass is 742 g/mol. The Morgan fingerprint density at radius 2 is 1.44 bits per heavy atom. The first kappa shape index (κ1) is 37.5. The van der Waals surface area contributed by atoms with E-state index in [1.54, 1.807) is 6.20 Å². The van der Waals surface area contributed by atoms with Crippen molar-refractivity contribution in [1.29, 1.82) is 0 Å². The highest BCUT2D eigenvalue weighted by molar-refractivity contribution is 5.86. The quantitative estimate of drug-likeness (QED) is 0.109. The summed E-state index contributed by atoms with van der Waals surface area (Å²) in [4.78, 5) is 61.3. The summed E-state index contributed by atoms with van der Waals surface area (Å²) in [6.45, 7) is 6.90. The summed E-state index contributed by atoms with van der Waals surface area (Å²) >= 11 is 0. The van der Waals surface area contributed by atoms with Gasteiger partial charge in [0.2, 0.25) is 11.8 Å². The lowest BCUT2D eigenvalue weighted by Gasteiger charge is -2.30. The van der Waals surface area contributed by atoms with Gasteiger partial charge in [-0.05, 0) is 71.9 Å². The van der Waals surface area contributed by atoms with E-state index in [-0.39, 0.29) is 35.6 Å². The Labute approximate surface area is 321 Å². The number of ether oxygens (including phenoxy) is 1. The number of benzene rings is 2. The van der Waals surface area contributed by atoms with E-state index >= 15 is 0 Å². The van der Waals surface area contributed by atoms with Crippen LogP contribution in [0.25, 0.3) is 33.6 Å². The number of carbonyl (C=O) groups is 3. The lowest BCUT2D eigenvalue weighted by Crippen LogP contribution is -2.51. The van der Waals surface area contributed by atoms with Crippen molar-refractivity contribution in [2.45, 2.75) is 83.8 Å². The fourth-order valence-corrected chi connectivity index (χ4v) is 8.01. The van der Waals surface area contributed by atoms with E-state index in [4.69, 9.17) is 9.72 Å². The van der Waals surface area contributed by atoms with Crippen molar-refractivity contribution in [3.8, 4) is 33.6 Å². The Morgan fingerprint density at radius 3 is 2.07 bits per heavy atom. The highest BCUT2D eigenvalue weighted by Gasteiger charge is 2.38. The third-order valence-electron chi connectivity index (χ3n) is 11.0. The molecule has 55 heavy (non-hydrogen) atoms. The molecule has 1 aliphatic heterocycles. The Hall–Kier alpha value is -5.78. The Kier molecular flexibility index (Phi) is 11.4. The zero-order chi connectivity index (χ0) is 38.5. The molecule has 4 atom stereocenters. The standard InChI is InChI=1S/C43H50N8O4/c1-26(2)38(50-43(54)55-4)42(53)51-19-7-10-37(51)40-46-25-36(49-40)32-17-13-30(14-18-32)29-11-15-31(16-12-29)35-24-45-39(48-35)33-8-5-6-9-34(33)41(52)47-23-28-20-27(3)21-44-22-28/h11-18,20-22,24-26,33-34,37-38H,5-10,19,23H2,1-4H3,(H,45,48)(H,46,49)(H,47,52)(H,50,54)/t33?,34?,37-,38-/m0/s1. The van der Waals surface area contributed by atoms with E-state index in [0.717, 1.165) is 94.9 Å². The maximum atomic E-state index is 13.5. The van der Waals surface area contributed by atoms with E-state index < -0.39 is 12.1 Å². The Bertz CT molecular complexity index is 2110. The predicted octanol–water partition coefficient (Wildman–Crippen LogP) is 7.47. The molecule has 0 spiro atoms. The van der Waals surface area contributed by atoms with Crippen LogP contribution in [0.3, 0.4) is 0 Å². The van der Waals surface area contributed by atoms with E-state index in [9.17, 15) is 14.4 Å². The molecule has 2 aromatic carbocycles. The number of hydrogen-bond acceptors (Lipinski definition) is 7. The van der Waals surface area contributed by atoms with Gasteiger partial charge < -0.3 is 30.2 Å². The average Bonchev–Trinajstić information content (AvgIpc) is 4.01. The summed E-state index contributed by atoms with van der Waals surface area (Å²) in [5, 5.41) is 5.85. The van der Waals surface area contributed by atoms with Gasteiger partial charge in [0.15, 0.2) is 0 Å². The third kappa shape index (κ3) is 8.48. The third-order valence-corrected chi connectivity index (χ3v) is 11.0. The van der Waals surface area contributed by atoms with Gasteiger partial charge in [0.1, 0.15) is 17.7 Å². The van der Waals surface area contributed by atoms with Crippen LogP contribution in [0, 0.1) is 18.8 Å². The number of aromatic nitrogens is 5. The number of pyridine rings is 1. The molecule has 2 unspecified atom stereocenters. The number of nitrogens with zero attached hydrogens (tertiary/aromatic N) is 4. The molecule has 286 valence electrons. The van der Waals surface area contributed by atoms with Crippen molar-refractivity contribution in [3.05, 3.63) is 102 Å². The smallest absolute Gasteiger partial charge is 0.407 e. The van der Waals surface area contributed by atoms with Gasteiger partial charge in [0.05, 0.1) is 36.9 Å². The molecule has 12 nitrogen and oxygen atoms in total. The zero-order valence-electron chi connectivity index (χ0n) is 32.0. The summed E-state index contributed by atoms with van der Waals surface area (Å²) < 4.78 is 4.76. The highest BCUT2D eigenvalue weighted by Crippen LogP contribution is 2.38. The van der Waals surface area contributed by atoms with Gasteiger partial charge in [0, 0.05) is 37.3 Å². The molecular formula is C43H50N8O4. The van der Waals surface area contributed by atoms with E-state index in [0.29, 0.717) is 13.1 Å². The molecule has 0 radical (unpaired) electrons. The number of methoxy groups -OCH3 is 1. The summed E-state index contributed by atoms with van der Waals surface area (Å²) in [7, 11) is 1.30. The largest absolute Gasteiger partial charge is 0.453 e. The lowest BCUT2D eigenvalue weighted by atomic mass is 9.78. The second-order valence-corrected chi connectivity index (χ2v) is 15.2. The Morgan fingerprint density at radius 1 is 0.818 bits per heavy atom. The van der Waals surface area contributed by atoms with E-state index in [1.807, 2.05) is 44.3 Å². The van der Waals surface area contributed by atoms with Crippen molar-refractivity contribution in [3.63, 3.8) is 0 Å². The normalized spacial score (nSPS) is 18.9. The molecule has 1 saturated carbocycles. The van der Waals surface area contributed by atoms with Crippen LogP contribution >= 0.6 is 0 Å². The first-order valence-electron chi connectivity index (χ1n) is 19.3. The summed E-state index contributed by atoms with van der Waals surface area (Å²) in [5.74, 6) is 1.39. The van der Waals surface area contributed by atoms with Crippen LogP contribution in [0.15, 0.2) is 79.4 Å². The molecule has 5 aromatic rings. The Balaban J connectivity index is 0.986. The van der Waals surface area contributed by atoms with Gasteiger partial charge in [-0.25, -0.2) is 14.8 Å².